The molecule has 24 heavy (non-hydrogen) atoms. The number of aromatic nitrogens is 5. The molecule has 124 valence electrons. The van der Waals surface area contributed by atoms with Crippen molar-refractivity contribution in [2.45, 2.75) is 37.5 Å². The van der Waals surface area contributed by atoms with Gasteiger partial charge in [-0.3, -0.25) is 0 Å². The topological polar surface area (TPSA) is 68.0 Å². The van der Waals surface area contributed by atoms with Crippen LogP contribution in [-0.4, -0.2) is 31.8 Å². The monoisotopic (exact) mass is 326 g/mol. The first kappa shape index (κ1) is 15.0. The molecule has 7 heteroatoms. The molecule has 0 amide bonds. The second kappa shape index (κ2) is 6.14. The highest BCUT2D eigenvalue weighted by Gasteiger charge is 2.34. The zero-order chi connectivity index (χ0) is 16.4. The lowest BCUT2D eigenvalue weighted by Crippen LogP contribution is -2.36. The van der Waals surface area contributed by atoms with Gasteiger partial charge in [0.15, 0.2) is 5.65 Å². The van der Waals surface area contributed by atoms with E-state index in [0.29, 0.717) is 5.65 Å². The van der Waals surface area contributed by atoms with Gasteiger partial charge in [0.2, 0.25) is 0 Å². The number of nitrogens with one attached hydrogen (secondary N) is 1. The molecule has 1 saturated carbocycles. The van der Waals surface area contributed by atoms with Crippen LogP contribution in [0.1, 0.15) is 37.7 Å². The number of anilines is 1. The van der Waals surface area contributed by atoms with E-state index in [1.165, 1.54) is 17.1 Å². The summed E-state index contributed by atoms with van der Waals surface area (Å²) in [5.74, 6) is 0.543. The summed E-state index contributed by atoms with van der Waals surface area (Å²) in [6, 6.07) is 10.7. The summed E-state index contributed by atoms with van der Waals surface area (Å²) in [6.07, 6.45) is 5.67. The van der Waals surface area contributed by atoms with E-state index in [1.807, 2.05) is 18.2 Å². The number of halogens is 1. The van der Waals surface area contributed by atoms with E-state index in [0.717, 1.165) is 43.6 Å². The minimum absolute atomic E-state index is 0.0579. The maximum absolute atomic E-state index is 13.7. The number of rotatable bonds is 4. The van der Waals surface area contributed by atoms with E-state index >= 15 is 0 Å². The second-order valence-corrected chi connectivity index (χ2v) is 6.45. The van der Waals surface area contributed by atoms with Crippen LogP contribution < -0.4 is 5.32 Å². The maximum atomic E-state index is 13.7. The van der Waals surface area contributed by atoms with E-state index in [-0.39, 0.29) is 11.2 Å². The Morgan fingerprint density at radius 2 is 2.00 bits per heavy atom. The lowest BCUT2D eigenvalue weighted by atomic mass is 9.69. The normalized spacial score (nSPS) is 17.0. The van der Waals surface area contributed by atoms with Crippen LogP contribution in [0.3, 0.4) is 0 Å². The lowest BCUT2D eigenvalue weighted by molar-refractivity contribution is 0.306. The lowest BCUT2D eigenvalue weighted by Gasteiger charge is -2.38. The van der Waals surface area contributed by atoms with Gasteiger partial charge in [0, 0.05) is 12.0 Å². The number of hydrogen-bond donors (Lipinski definition) is 1. The fourth-order valence-corrected chi connectivity index (χ4v) is 3.62. The van der Waals surface area contributed by atoms with Gasteiger partial charge >= 0.3 is 0 Å². The van der Waals surface area contributed by atoms with Crippen LogP contribution in [0.4, 0.5) is 10.2 Å². The van der Waals surface area contributed by atoms with Crippen LogP contribution in [-0.2, 0) is 5.41 Å². The van der Waals surface area contributed by atoms with Crippen molar-refractivity contribution in [3.05, 3.63) is 47.8 Å². The molecular weight excluding hydrogens is 307 g/mol. The van der Waals surface area contributed by atoms with Crippen LogP contribution in [0.5, 0.6) is 0 Å². The third kappa shape index (κ3) is 2.81. The standard InChI is InChI=1S/C17H19FN6/c18-14-6-4-5-13(11-14)17(9-2-1-3-10-17)12-19-15-7-8-16-20-22-23-24(16)21-15/h4-8,11H,1-3,9-10,12H2,(H,19,21). The molecule has 2 heterocycles. The number of fused-ring (bicyclic) bond motifs is 1. The first-order chi connectivity index (χ1) is 11.8. The molecule has 0 atom stereocenters. The summed E-state index contributed by atoms with van der Waals surface area (Å²) in [4.78, 5) is 0. The smallest absolute Gasteiger partial charge is 0.200 e. The van der Waals surface area contributed by atoms with Gasteiger partial charge in [-0.2, -0.15) is 0 Å². The van der Waals surface area contributed by atoms with Gasteiger partial charge in [0.1, 0.15) is 11.6 Å². The van der Waals surface area contributed by atoms with Gasteiger partial charge in [-0.1, -0.05) is 31.4 Å². The molecule has 0 bridgehead atoms. The van der Waals surface area contributed by atoms with Crippen LogP contribution >= 0.6 is 0 Å². The molecule has 1 N–H and O–H groups in total. The Labute approximate surface area is 139 Å². The highest BCUT2D eigenvalue weighted by molar-refractivity contribution is 5.43. The third-order valence-electron chi connectivity index (χ3n) is 4.93. The first-order valence-corrected chi connectivity index (χ1v) is 8.31. The van der Waals surface area contributed by atoms with Crippen molar-refractivity contribution < 1.29 is 4.39 Å². The average Bonchev–Trinajstić information content (AvgIpc) is 3.08. The summed E-state index contributed by atoms with van der Waals surface area (Å²) in [5.41, 5.74) is 1.62. The van der Waals surface area contributed by atoms with Gasteiger partial charge in [-0.15, -0.1) is 14.8 Å². The molecule has 0 radical (unpaired) electrons. The van der Waals surface area contributed by atoms with Crippen LogP contribution in [0.25, 0.3) is 5.65 Å². The van der Waals surface area contributed by atoms with E-state index in [2.05, 4.69) is 25.9 Å². The average molecular weight is 326 g/mol. The summed E-state index contributed by atoms with van der Waals surface area (Å²) in [5, 5.41) is 19.0. The number of tetrazole rings is 1. The van der Waals surface area contributed by atoms with Crippen molar-refractivity contribution in [1.29, 1.82) is 0 Å². The Hall–Kier alpha value is -2.57. The Morgan fingerprint density at radius 3 is 2.83 bits per heavy atom. The zero-order valence-corrected chi connectivity index (χ0v) is 13.3. The maximum Gasteiger partial charge on any atom is 0.200 e. The number of hydrogen-bond acceptors (Lipinski definition) is 5. The highest BCUT2D eigenvalue weighted by atomic mass is 19.1. The van der Waals surface area contributed by atoms with Gasteiger partial charge in [-0.25, -0.2) is 4.39 Å². The largest absolute Gasteiger partial charge is 0.368 e. The molecule has 0 saturated heterocycles. The minimum Gasteiger partial charge on any atom is -0.368 e. The van der Waals surface area contributed by atoms with Crippen LogP contribution in [0, 0.1) is 5.82 Å². The minimum atomic E-state index is -0.175. The summed E-state index contributed by atoms with van der Waals surface area (Å²) in [6.45, 7) is 0.719. The van der Waals surface area contributed by atoms with E-state index < -0.39 is 0 Å². The van der Waals surface area contributed by atoms with Crippen LogP contribution in [0.15, 0.2) is 36.4 Å². The fourth-order valence-electron chi connectivity index (χ4n) is 3.62. The molecule has 0 unspecified atom stereocenters. The number of nitrogens with zero attached hydrogens (tertiary/aromatic N) is 5. The quantitative estimate of drug-likeness (QED) is 0.798. The Balaban J connectivity index is 1.59. The summed E-state index contributed by atoms with van der Waals surface area (Å²) in [7, 11) is 0. The van der Waals surface area contributed by atoms with E-state index in [9.17, 15) is 4.39 Å². The SMILES string of the molecule is Fc1cccc(C2(CNc3ccc4nnnn4n3)CCCCC2)c1. The molecule has 1 aliphatic rings. The molecule has 4 rings (SSSR count). The van der Waals surface area contributed by atoms with Gasteiger partial charge in [0.05, 0.1) is 0 Å². The fraction of sp³-hybridized carbons (Fsp3) is 0.412. The Kier molecular flexibility index (Phi) is 3.84. The summed E-state index contributed by atoms with van der Waals surface area (Å²) < 4.78 is 15.1. The van der Waals surface area contributed by atoms with Crippen molar-refractivity contribution in [2.75, 3.05) is 11.9 Å². The Morgan fingerprint density at radius 1 is 1.12 bits per heavy atom. The molecule has 2 aromatic heterocycles. The number of benzene rings is 1. The molecule has 0 aliphatic heterocycles. The van der Waals surface area contributed by atoms with E-state index in [1.54, 1.807) is 12.1 Å². The van der Waals surface area contributed by atoms with Crippen molar-refractivity contribution >= 4 is 11.5 Å². The highest BCUT2D eigenvalue weighted by Crippen LogP contribution is 2.39. The predicted molar refractivity (Wildman–Crippen MR) is 88.2 cm³/mol. The predicted octanol–water partition coefficient (Wildman–Crippen LogP) is 2.97. The van der Waals surface area contributed by atoms with Crippen molar-refractivity contribution in [1.82, 2.24) is 25.3 Å². The van der Waals surface area contributed by atoms with Crippen LogP contribution in [0.2, 0.25) is 0 Å². The molecular formula is C17H19FN6. The molecule has 3 aromatic rings. The van der Waals surface area contributed by atoms with Gasteiger partial charge in [-0.05, 0) is 53.1 Å². The zero-order valence-electron chi connectivity index (χ0n) is 13.3. The van der Waals surface area contributed by atoms with Gasteiger partial charge < -0.3 is 5.32 Å². The Bertz CT molecular complexity index is 840. The second-order valence-electron chi connectivity index (χ2n) is 6.45. The van der Waals surface area contributed by atoms with Crippen molar-refractivity contribution in [3.63, 3.8) is 0 Å². The molecule has 6 nitrogen and oxygen atoms in total. The first-order valence-electron chi connectivity index (χ1n) is 8.31. The third-order valence-corrected chi connectivity index (χ3v) is 4.93. The summed E-state index contributed by atoms with van der Waals surface area (Å²) >= 11 is 0. The van der Waals surface area contributed by atoms with Crippen molar-refractivity contribution in [2.24, 2.45) is 0 Å². The molecule has 1 fully saturated rings. The van der Waals surface area contributed by atoms with Crippen molar-refractivity contribution in [3.8, 4) is 0 Å². The molecule has 0 spiro atoms. The molecule has 1 aromatic carbocycles. The molecule has 1 aliphatic carbocycles. The van der Waals surface area contributed by atoms with E-state index in [4.69, 9.17) is 0 Å². The van der Waals surface area contributed by atoms with Gasteiger partial charge in [0.25, 0.3) is 0 Å².